The average molecular weight is 410 g/mol. The predicted molar refractivity (Wildman–Crippen MR) is 121 cm³/mol. The number of fused-ring (bicyclic) bond motifs is 1. The van der Waals surface area contributed by atoms with Gasteiger partial charge in [0.1, 0.15) is 5.75 Å². The first-order valence-corrected chi connectivity index (χ1v) is 10.6. The number of anilines is 3. The lowest BCUT2D eigenvalue weighted by Crippen LogP contribution is -2.28. The number of hydrogen-bond donors (Lipinski definition) is 2. The van der Waals surface area contributed by atoms with Crippen LogP contribution in [0.5, 0.6) is 5.75 Å². The van der Waals surface area contributed by atoms with E-state index in [4.69, 9.17) is 4.74 Å². The molecule has 0 saturated carbocycles. The van der Waals surface area contributed by atoms with Gasteiger partial charge in [0.15, 0.2) is 6.61 Å². The summed E-state index contributed by atoms with van der Waals surface area (Å²) in [6, 6.07) is 13.7. The summed E-state index contributed by atoms with van der Waals surface area (Å²) in [6.07, 6.45) is 1.52. The van der Waals surface area contributed by atoms with Gasteiger partial charge in [-0.25, -0.2) is 0 Å². The maximum Gasteiger partial charge on any atom is 0.262 e. The van der Waals surface area contributed by atoms with Gasteiger partial charge in [-0.15, -0.1) is 0 Å². The monoisotopic (exact) mass is 409 g/mol. The number of rotatable bonds is 8. The Bertz CT molecular complexity index is 910. The molecule has 0 aromatic heterocycles. The van der Waals surface area contributed by atoms with E-state index in [-0.39, 0.29) is 24.3 Å². The molecule has 1 atom stereocenters. The zero-order valence-electron chi connectivity index (χ0n) is 18.2. The summed E-state index contributed by atoms with van der Waals surface area (Å²) in [5.74, 6) is 0.765. The largest absolute Gasteiger partial charge is 0.482 e. The third kappa shape index (κ3) is 5.12. The third-order valence-corrected chi connectivity index (χ3v) is 5.53. The zero-order chi connectivity index (χ0) is 21.7. The molecule has 3 rings (SSSR count). The Balaban J connectivity index is 1.62. The maximum absolute atomic E-state index is 12.9. The highest BCUT2D eigenvalue weighted by molar-refractivity contribution is 5.98. The molecule has 2 amide bonds. The average Bonchev–Trinajstić information content (AvgIpc) is 2.73. The van der Waals surface area contributed by atoms with Crippen LogP contribution in [0, 0.1) is 5.92 Å². The van der Waals surface area contributed by atoms with Gasteiger partial charge in [-0.3, -0.25) is 9.59 Å². The number of carbonyl (C=O) groups is 2. The van der Waals surface area contributed by atoms with E-state index < -0.39 is 0 Å². The normalized spacial score (nSPS) is 13.8. The molecule has 0 aliphatic carbocycles. The summed E-state index contributed by atoms with van der Waals surface area (Å²) in [6.45, 7) is 7.24. The lowest BCUT2D eigenvalue weighted by Gasteiger charge is -2.26. The highest BCUT2D eigenvalue weighted by Crippen LogP contribution is 2.31. The van der Waals surface area contributed by atoms with Crippen LogP contribution in [-0.4, -0.2) is 32.0 Å². The predicted octanol–water partition coefficient (Wildman–Crippen LogP) is 4.63. The standard InChI is InChI=1S/C24H31N3O3/c1-5-17(12-13-27(4)21-9-7-6-8-19(21)16(2)3)24(29)25-18-10-11-22-20(14-18)26-23(28)15-30-22/h6-11,14,16-17H,5,12-13,15H2,1-4H3,(H,25,29)(H,26,28). The van der Waals surface area contributed by atoms with E-state index in [1.807, 2.05) is 6.92 Å². The van der Waals surface area contributed by atoms with Gasteiger partial charge in [0.05, 0.1) is 5.69 Å². The number of nitrogens with one attached hydrogen (secondary N) is 2. The van der Waals surface area contributed by atoms with Crippen molar-refractivity contribution in [2.75, 3.05) is 35.7 Å². The van der Waals surface area contributed by atoms with Crippen LogP contribution in [0.15, 0.2) is 42.5 Å². The molecular weight excluding hydrogens is 378 g/mol. The van der Waals surface area contributed by atoms with Crippen LogP contribution in [0.4, 0.5) is 17.1 Å². The Morgan fingerprint density at radius 3 is 2.73 bits per heavy atom. The number of amides is 2. The molecular formula is C24H31N3O3. The summed E-state index contributed by atoms with van der Waals surface area (Å²) < 4.78 is 5.37. The van der Waals surface area contributed by atoms with Crippen molar-refractivity contribution in [3.63, 3.8) is 0 Å². The van der Waals surface area contributed by atoms with Crippen LogP contribution in [0.3, 0.4) is 0 Å². The number of ether oxygens (including phenoxy) is 1. The van der Waals surface area contributed by atoms with Gasteiger partial charge in [-0.05, 0) is 48.6 Å². The van der Waals surface area contributed by atoms with E-state index in [1.165, 1.54) is 11.3 Å². The first-order valence-electron chi connectivity index (χ1n) is 10.6. The molecule has 1 heterocycles. The van der Waals surface area contributed by atoms with Crippen LogP contribution in [-0.2, 0) is 9.59 Å². The van der Waals surface area contributed by atoms with Crippen molar-refractivity contribution < 1.29 is 14.3 Å². The minimum absolute atomic E-state index is 0.00829. The van der Waals surface area contributed by atoms with Gasteiger partial charge >= 0.3 is 0 Å². The first-order chi connectivity index (χ1) is 14.4. The minimum atomic E-state index is -0.192. The highest BCUT2D eigenvalue weighted by Gasteiger charge is 2.20. The number of carbonyl (C=O) groups excluding carboxylic acids is 2. The summed E-state index contributed by atoms with van der Waals surface area (Å²) in [7, 11) is 2.08. The first kappa shape index (κ1) is 21.7. The van der Waals surface area contributed by atoms with Gasteiger partial charge < -0.3 is 20.3 Å². The van der Waals surface area contributed by atoms with E-state index >= 15 is 0 Å². The van der Waals surface area contributed by atoms with Crippen LogP contribution in [0.25, 0.3) is 0 Å². The van der Waals surface area contributed by atoms with Gasteiger partial charge in [0.2, 0.25) is 5.91 Å². The van der Waals surface area contributed by atoms with Gasteiger partial charge in [-0.2, -0.15) is 0 Å². The zero-order valence-corrected chi connectivity index (χ0v) is 18.2. The van der Waals surface area contributed by atoms with E-state index in [0.717, 1.165) is 19.4 Å². The Morgan fingerprint density at radius 2 is 2.00 bits per heavy atom. The molecule has 2 aromatic rings. The molecule has 6 nitrogen and oxygen atoms in total. The lowest BCUT2D eigenvalue weighted by molar-refractivity contribution is -0.120. The summed E-state index contributed by atoms with van der Waals surface area (Å²) in [4.78, 5) is 26.6. The Kier molecular flexibility index (Phi) is 6.98. The molecule has 0 radical (unpaired) electrons. The van der Waals surface area contributed by atoms with Crippen molar-refractivity contribution in [3.05, 3.63) is 48.0 Å². The van der Waals surface area contributed by atoms with Crippen molar-refractivity contribution in [1.29, 1.82) is 0 Å². The fraction of sp³-hybridized carbons (Fsp3) is 0.417. The molecule has 0 saturated heterocycles. The Morgan fingerprint density at radius 1 is 1.23 bits per heavy atom. The fourth-order valence-electron chi connectivity index (χ4n) is 3.72. The van der Waals surface area contributed by atoms with Crippen LogP contribution in [0.2, 0.25) is 0 Å². The number of nitrogens with zero attached hydrogens (tertiary/aromatic N) is 1. The molecule has 6 heteroatoms. The van der Waals surface area contributed by atoms with Gasteiger partial charge in [0.25, 0.3) is 5.91 Å². The van der Waals surface area contributed by atoms with E-state index in [2.05, 4.69) is 60.7 Å². The van der Waals surface area contributed by atoms with Crippen molar-refractivity contribution in [3.8, 4) is 5.75 Å². The summed E-state index contributed by atoms with van der Waals surface area (Å²) in [5.41, 5.74) is 3.77. The second kappa shape index (κ2) is 9.65. The smallest absolute Gasteiger partial charge is 0.262 e. The van der Waals surface area contributed by atoms with Crippen molar-refractivity contribution in [1.82, 2.24) is 0 Å². The summed E-state index contributed by atoms with van der Waals surface area (Å²) >= 11 is 0. The second-order valence-electron chi connectivity index (χ2n) is 8.07. The molecule has 1 aliphatic rings. The third-order valence-electron chi connectivity index (χ3n) is 5.53. The van der Waals surface area contributed by atoms with E-state index in [0.29, 0.717) is 23.0 Å². The van der Waals surface area contributed by atoms with Crippen molar-refractivity contribution in [2.24, 2.45) is 5.92 Å². The molecule has 0 fully saturated rings. The molecule has 30 heavy (non-hydrogen) atoms. The Labute approximate surface area is 178 Å². The SMILES string of the molecule is CCC(CCN(C)c1ccccc1C(C)C)C(=O)Nc1ccc2c(c1)NC(=O)CO2. The Hall–Kier alpha value is -3.02. The molecule has 1 unspecified atom stereocenters. The second-order valence-corrected chi connectivity index (χ2v) is 8.07. The minimum Gasteiger partial charge on any atom is -0.482 e. The maximum atomic E-state index is 12.9. The van der Waals surface area contributed by atoms with Crippen molar-refractivity contribution in [2.45, 2.75) is 39.5 Å². The molecule has 2 aromatic carbocycles. The highest BCUT2D eigenvalue weighted by atomic mass is 16.5. The van der Waals surface area contributed by atoms with Crippen LogP contribution < -0.4 is 20.3 Å². The van der Waals surface area contributed by atoms with E-state index in [1.54, 1.807) is 18.2 Å². The summed E-state index contributed by atoms with van der Waals surface area (Å²) in [5, 5.41) is 5.75. The number of para-hydroxylation sites is 1. The number of benzene rings is 2. The lowest BCUT2D eigenvalue weighted by atomic mass is 9.98. The fourth-order valence-corrected chi connectivity index (χ4v) is 3.72. The topological polar surface area (TPSA) is 70.7 Å². The van der Waals surface area contributed by atoms with Crippen LogP contribution in [0.1, 0.15) is 45.1 Å². The molecule has 160 valence electrons. The van der Waals surface area contributed by atoms with E-state index in [9.17, 15) is 9.59 Å². The molecule has 0 spiro atoms. The molecule has 1 aliphatic heterocycles. The van der Waals surface area contributed by atoms with Crippen LogP contribution >= 0.6 is 0 Å². The van der Waals surface area contributed by atoms with Crippen molar-refractivity contribution >= 4 is 28.9 Å². The quantitative estimate of drug-likeness (QED) is 0.667. The van der Waals surface area contributed by atoms with Gasteiger partial charge in [-0.1, -0.05) is 39.0 Å². The molecule has 0 bridgehead atoms. The number of hydrogen-bond acceptors (Lipinski definition) is 4. The molecule has 2 N–H and O–H groups in total. The van der Waals surface area contributed by atoms with Gasteiger partial charge in [0, 0.05) is 30.9 Å².